The van der Waals surface area contributed by atoms with Crippen molar-refractivity contribution in [2.75, 3.05) is 25.6 Å². The molecule has 0 saturated heterocycles. The maximum atomic E-state index is 11.9. The van der Waals surface area contributed by atoms with Crippen molar-refractivity contribution in [1.29, 1.82) is 0 Å². The van der Waals surface area contributed by atoms with Crippen LogP contribution in [0.1, 0.15) is 15.9 Å². The van der Waals surface area contributed by atoms with Gasteiger partial charge in [0.2, 0.25) is 0 Å². The lowest BCUT2D eigenvalue weighted by molar-refractivity contribution is -0.149. The van der Waals surface area contributed by atoms with E-state index in [1.807, 2.05) is 13.0 Å². The molecule has 1 amide bonds. The van der Waals surface area contributed by atoms with Crippen LogP contribution in [0.4, 0.5) is 5.69 Å². The van der Waals surface area contributed by atoms with Gasteiger partial charge in [0.1, 0.15) is 17.8 Å². The van der Waals surface area contributed by atoms with E-state index < -0.39 is 18.5 Å². The predicted octanol–water partition coefficient (Wildman–Crippen LogP) is 2.38. The molecule has 136 valence electrons. The van der Waals surface area contributed by atoms with Crippen molar-refractivity contribution in [3.63, 3.8) is 0 Å². The Labute approximate surface area is 150 Å². The summed E-state index contributed by atoms with van der Waals surface area (Å²) in [6.45, 7) is 1.10. The van der Waals surface area contributed by atoms with E-state index in [9.17, 15) is 14.4 Å². The topological polar surface area (TPSA) is 90.9 Å². The molecule has 2 aromatic carbocycles. The Hall–Kier alpha value is -3.35. The van der Waals surface area contributed by atoms with Gasteiger partial charge in [0.05, 0.1) is 12.8 Å². The zero-order chi connectivity index (χ0) is 18.9. The number of carbonyl (C=O) groups excluding carboxylic acids is 3. The number of rotatable bonds is 8. The molecule has 0 atom stereocenters. The standard InChI is InChI=1S/C19H19NO6/c1-13-3-8-17(24-2)16(9-13)20-18(22)11-26-19(23)12-25-15-6-4-14(10-21)5-7-15/h3-10H,11-12H2,1-2H3,(H,20,22). The maximum absolute atomic E-state index is 11.9. The molecule has 2 aromatic rings. The zero-order valence-corrected chi connectivity index (χ0v) is 14.5. The molecule has 26 heavy (non-hydrogen) atoms. The van der Waals surface area contributed by atoms with Gasteiger partial charge in [-0.1, -0.05) is 6.07 Å². The summed E-state index contributed by atoms with van der Waals surface area (Å²) in [5.74, 6) is -0.243. The summed E-state index contributed by atoms with van der Waals surface area (Å²) in [5, 5.41) is 2.63. The molecule has 0 bridgehead atoms. The first-order valence-corrected chi connectivity index (χ1v) is 7.80. The van der Waals surface area contributed by atoms with Crippen LogP contribution in [0.25, 0.3) is 0 Å². The lowest BCUT2D eigenvalue weighted by Crippen LogP contribution is -2.23. The van der Waals surface area contributed by atoms with E-state index in [1.54, 1.807) is 36.4 Å². The minimum Gasteiger partial charge on any atom is -0.495 e. The van der Waals surface area contributed by atoms with Crippen molar-refractivity contribution in [1.82, 2.24) is 0 Å². The molecule has 0 spiro atoms. The van der Waals surface area contributed by atoms with Crippen molar-refractivity contribution >= 4 is 23.9 Å². The molecule has 0 aliphatic heterocycles. The summed E-state index contributed by atoms with van der Waals surface area (Å²) >= 11 is 0. The molecule has 0 heterocycles. The normalized spacial score (nSPS) is 9.92. The molecule has 2 rings (SSSR count). The fourth-order valence-corrected chi connectivity index (χ4v) is 2.08. The molecule has 7 nitrogen and oxygen atoms in total. The van der Waals surface area contributed by atoms with E-state index in [4.69, 9.17) is 14.2 Å². The van der Waals surface area contributed by atoms with Gasteiger partial charge in [-0.3, -0.25) is 9.59 Å². The number of carbonyl (C=O) groups is 3. The number of ether oxygens (including phenoxy) is 3. The number of amides is 1. The van der Waals surface area contributed by atoms with Crippen molar-refractivity contribution in [2.24, 2.45) is 0 Å². The van der Waals surface area contributed by atoms with Crippen LogP contribution in [0.15, 0.2) is 42.5 Å². The first-order chi connectivity index (χ1) is 12.5. The Balaban J connectivity index is 1.78. The molecule has 0 unspecified atom stereocenters. The fraction of sp³-hybridized carbons (Fsp3) is 0.211. The van der Waals surface area contributed by atoms with E-state index in [0.717, 1.165) is 5.56 Å². The highest BCUT2D eigenvalue weighted by atomic mass is 16.6. The maximum Gasteiger partial charge on any atom is 0.344 e. The largest absolute Gasteiger partial charge is 0.495 e. The number of methoxy groups -OCH3 is 1. The van der Waals surface area contributed by atoms with Crippen LogP contribution in [0.2, 0.25) is 0 Å². The van der Waals surface area contributed by atoms with Gasteiger partial charge < -0.3 is 19.5 Å². The Morgan fingerprint density at radius 3 is 2.46 bits per heavy atom. The van der Waals surface area contributed by atoms with E-state index in [0.29, 0.717) is 29.0 Å². The molecule has 0 fully saturated rings. The minimum atomic E-state index is -0.684. The van der Waals surface area contributed by atoms with Crippen molar-refractivity contribution in [3.05, 3.63) is 53.6 Å². The third kappa shape index (κ3) is 5.62. The Morgan fingerprint density at radius 2 is 1.81 bits per heavy atom. The minimum absolute atomic E-state index is 0.346. The van der Waals surface area contributed by atoms with Crippen LogP contribution in [0.5, 0.6) is 11.5 Å². The summed E-state index contributed by atoms with van der Waals surface area (Å²) in [4.78, 5) is 34.2. The number of aryl methyl sites for hydroxylation is 1. The zero-order valence-electron chi connectivity index (χ0n) is 14.5. The van der Waals surface area contributed by atoms with Crippen LogP contribution in [0, 0.1) is 6.92 Å². The van der Waals surface area contributed by atoms with Crippen LogP contribution >= 0.6 is 0 Å². The van der Waals surface area contributed by atoms with Crippen molar-refractivity contribution < 1.29 is 28.6 Å². The first kappa shape index (κ1) is 19.0. The van der Waals surface area contributed by atoms with Gasteiger partial charge in [-0.2, -0.15) is 0 Å². The van der Waals surface area contributed by atoms with Gasteiger partial charge in [-0.05, 0) is 48.9 Å². The van der Waals surface area contributed by atoms with Gasteiger partial charge in [-0.25, -0.2) is 4.79 Å². The Bertz CT molecular complexity index is 785. The lowest BCUT2D eigenvalue weighted by Gasteiger charge is -2.11. The average molecular weight is 357 g/mol. The van der Waals surface area contributed by atoms with E-state index >= 15 is 0 Å². The molecule has 7 heteroatoms. The molecular weight excluding hydrogens is 338 g/mol. The quantitative estimate of drug-likeness (QED) is 0.576. The number of hydrogen-bond acceptors (Lipinski definition) is 6. The van der Waals surface area contributed by atoms with Crippen LogP contribution in [-0.4, -0.2) is 38.5 Å². The summed E-state index contributed by atoms with van der Waals surface area (Å²) in [6, 6.07) is 11.6. The first-order valence-electron chi connectivity index (χ1n) is 7.80. The van der Waals surface area contributed by atoms with Gasteiger partial charge in [0, 0.05) is 5.56 Å². The van der Waals surface area contributed by atoms with E-state index in [2.05, 4.69) is 5.32 Å². The number of nitrogens with one attached hydrogen (secondary N) is 1. The second-order valence-electron chi connectivity index (χ2n) is 5.39. The number of benzene rings is 2. The molecule has 0 radical (unpaired) electrons. The van der Waals surface area contributed by atoms with Crippen molar-refractivity contribution in [2.45, 2.75) is 6.92 Å². The number of anilines is 1. The van der Waals surface area contributed by atoms with Gasteiger partial charge in [-0.15, -0.1) is 0 Å². The van der Waals surface area contributed by atoms with Crippen LogP contribution < -0.4 is 14.8 Å². The molecular formula is C19H19NO6. The third-order valence-corrected chi connectivity index (χ3v) is 3.37. The third-order valence-electron chi connectivity index (χ3n) is 3.37. The summed E-state index contributed by atoms with van der Waals surface area (Å²) < 4.78 is 15.3. The van der Waals surface area contributed by atoms with Crippen LogP contribution in [0.3, 0.4) is 0 Å². The smallest absolute Gasteiger partial charge is 0.344 e. The number of esters is 1. The monoisotopic (exact) mass is 357 g/mol. The summed E-state index contributed by atoms with van der Waals surface area (Å²) in [7, 11) is 1.50. The highest BCUT2D eigenvalue weighted by Gasteiger charge is 2.11. The molecule has 0 aliphatic carbocycles. The highest BCUT2D eigenvalue weighted by molar-refractivity contribution is 5.94. The van der Waals surface area contributed by atoms with Gasteiger partial charge >= 0.3 is 5.97 Å². The Morgan fingerprint density at radius 1 is 1.08 bits per heavy atom. The van der Waals surface area contributed by atoms with Crippen molar-refractivity contribution in [3.8, 4) is 11.5 Å². The SMILES string of the molecule is COc1ccc(C)cc1NC(=O)COC(=O)COc1ccc(C=O)cc1. The predicted molar refractivity (Wildman–Crippen MR) is 94.6 cm³/mol. The molecule has 0 aromatic heterocycles. The Kier molecular flexibility index (Phi) is 6.73. The summed E-state index contributed by atoms with van der Waals surface area (Å²) in [5.41, 5.74) is 1.95. The molecule has 0 aliphatic rings. The van der Waals surface area contributed by atoms with E-state index in [-0.39, 0.29) is 6.61 Å². The van der Waals surface area contributed by atoms with Gasteiger partial charge in [0.15, 0.2) is 13.2 Å². The second kappa shape index (κ2) is 9.22. The molecule has 1 N–H and O–H groups in total. The molecule has 0 saturated carbocycles. The lowest BCUT2D eigenvalue weighted by atomic mass is 10.2. The van der Waals surface area contributed by atoms with Gasteiger partial charge in [0.25, 0.3) is 5.91 Å². The van der Waals surface area contributed by atoms with Crippen LogP contribution in [-0.2, 0) is 14.3 Å². The number of hydrogen-bond donors (Lipinski definition) is 1. The number of aldehydes is 1. The summed E-state index contributed by atoms with van der Waals surface area (Å²) in [6.07, 6.45) is 0.708. The second-order valence-corrected chi connectivity index (χ2v) is 5.39. The average Bonchev–Trinajstić information content (AvgIpc) is 2.65. The highest BCUT2D eigenvalue weighted by Crippen LogP contribution is 2.25. The fourth-order valence-electron chi connectivity index (χ4n) is 2.08. The van der Waals surface area contributed by atoms with E-state index in [1.165, 1.54) is 7.11 Å².